The molecule has 0 spiro atoms. The van der Waals surface area contributed by atoms with E-state index in [1.54, 1.807) is 30.3 Å². The summed E-state index contributed by atoms with van der Waals surface area (Å²) >= 11 is 0. The molecular weight excluding hydrogens is 372 g/mol. The molecule has 150 valence electrons. The van der Waals surface area contributed by atoms with Crippen LogP contribution in [0.1, 0.15) is 43.9 Å². The molecule has 5 nitrogen and oxygen atoms in total. The minimum atomic E-state index is -3.56. The van der Waals surface area contributed by atoms with Crippen molar-refractivity contribution in [3.05, 3.63) is 65.7 Å². The van der Waals surface area contributed by atoms with Crippen LogP contribution in [0.4, 0.5) is 0 Å². The van der Waals surface area contributed by atoms with Gasteiger partial charge in [-0.3, -0.25) is 4.79 Å². The van der Waals surface area contributed by atoms with Crippen LogP contribution in [0.15, 0.2) is 59.5 Å². The average Bonchev–Trinajstić information content (AvgIpc) is 2.74. The Kier molecular flexibility index (Phi) is 6.52. The van der Waals surface area contributed by atoms with Gasteiger partial charge in [0.05, 0.1) is 16.9 Å². The third-order valence-corrected chi connectivity index (χ3v) is 7.26. The second-order valence-electron chi connectivity index (χ2n) is 7.34. The molecule has 2 aromatic carbocycles. The fraction of sp³-hybridized carbons (Fsp3) is 0.409. The van der Waals surface area contributed by atoms with E-state index in [1.165, 1.54) is 9.87 Å². The summed E-state index contributed by atoms with van der Waals surface area (Å²) in [6, 6.07) is 16.5. The third-order valence-electron chi connectivity index (χ3n) is 5.38. The second kappa shape index (κ2) is 8.88. The molecule has 0 aliphatic carbocycles. The quantitative estimate of drug-likeness (QED) is 0.807. The van der Waals surface area contributed by atoms with Crippen molar-refractivity contribution < 1.29 is 13.2 Å². The van der Waals surface area contributed by atoms with E-state index >= 15 is 0 Å². The lowest BCUT2D eigenvalue weighted by Gasteiger charge is -2.32. The molecule has 0 aromatic heterocycles. The number of nitrogens with one attached hydrogen (secondary N) is 1. The zero-order valence-electron chi connectivity index (χ0n) is 16.5. The normalized spacial score (nSPS) is 19.1. The molecule has 0 radical (unpaired) electrons. The number of rotatable bonds is 6. The van der Waals surface area contributed by atoms with E-state index in [0.717, 1.165) is 12.0 Å². The molecule has 1 aliphatic heterocycles. The summed E-state index contributed by atoms with van der Waals surface area (Å²) in [6.45, 7) is 4.75. The number of hydrogen-bond acceptors (Lipinski definition) is 3. The molecule has 2 aromatic rings. The van der Waals surface area contributed by atoms with Crippen LogP contribution in [0.3, 0.4) is 0 Å². The summed E-state index contributed by atoms with van der Waals surface area (Å²) in [6.07, 6.45) is 2.37. The van der Waals surface area contributed by atoms with E-state index in [-0.39, 0.29) is 29.3 Å². The van der Waals surface area contributed by atoms with Crippen molar-refractivity contribution in [3.63, 3.8) is 0 Å². The standard InChI is InChI=1S/C22H28N2O3S/c1-3-18-11-13-19(14-12-18)17(2)23-22(25)20-8-7-15-24(16-20)28(26,27)21-9-5-4-6-10-21/h4-6,9-14,17,20H,3,7-8,15-16H2,1-2H3,(H,23,25)/t17-,20-/m0/s1. The summed E-state index contributed by atoms with van der Waals surface area (Å²) in [5.74, 6) is -0.412. The first-order valence-corrected chi connectivity index (χ1v) is 11.3. The predicted molar refractivity (Wildman–Crippen MR) is 110 cm³/mol. The van der Waals surface area contributed by atoms with Crippen LogP contribution in [0.5, 0.6) is 0 Å². The van der Waals surface area contributed by atoms with Gasteiger partial charge in [0, 0.05) is 13.1 Å². The highest BCUT2D eigenvalue weighted by Gasteiger charge is 2.33. The Bertz CT molecular complexity index is 895. The summed E-state index contributed by atoms with van der Waals surface area (Å²) in [7, 11) is -3.56. The summed E-state index contributed by atoms with van der Waals surface area (Å²) in [5.41, 5.74) is 2.31. The highest BCUT2D eigenvalue weighted by molar-refractivity contribution is 7.89. The maximum absolute atomic E-state index is 12.9. The molecule has 3 rings (SSSR count). The molecule has 1 heterocycles. The molecular formula is C22H28N2O3S. The topological polar surface area (TPSA) is 66.5 Å². The van der Waals surface area contributed by atoms with Gasteiger partial charge < -0.3 is 5.32 Å². The van der Waals surface area contributed by atoms with E-state index < -0.39 is 10.0 Å². The van der Waals surface area contributed by atoms with Gasteiger partial charge in [-0.15, -0.1) is 0 Å². The van der Waals surface area contributed by atoms with Crippen LogP contribution in [0.25, 0.3) is 0 Å². The van der Waals surface area contributed by atoms with Crippen molar-refractivity contribution in [1.29, 1.82) is 0 Å². The molecule has 0 unspecified atom stereocenters. The number of amides is 1. The van der Waals surface area contributed by atoms with Gasteiger partial charge >= 0.3 is 0 Å². The molecule has 1 N–H and O–H groups in total. The summed E-state index contributed by atoms with van der Waals surface area (Å²) in [4.78, 5) is 13.1. The van der Waals surface area contributed by atoms with E-state index in [4.69, 9.17) is 0 Å². The molecule has 1 aliphatic rings. The molecule has 1 saturated heterocycles. The molecule has 2 atom stereocenters. The smallest absolute Gasteiger partial charge is 0.243 e. The highest BCUT2D eigenvalue weighted by Crippen LogP contribution is 2.24. The monoisotopic (exact) mass is 400 g/mol. The third kappa shape index (κ3) is 4.62. The van der Waals surface area contributed by atoms with E-state index in [9.17, 15) is 13.2 Å². The highest BCUT2D eigenvalue weighted by atomic mass is 32.2. The van der Waals surface area contributed by atoms with Crippen LogP contribution < -0.4 is 5.32 Å². The minimum absolute atomic E-state index is 0.0833. The van der Waals surface area contributed by atoms with E-state index in [0.29, 0.717) is 19.4 Å². The number of carbonyl (C=O) groups excluding carboxylic acids is 1. The first kappa shape index (κ1) is 20.6. The number of hydrogen-bond donors (Lipinski definition) is 1. The van der Waals surface area contributed by atoms with Crippen LogP contribution >= 0.6 is 0 Å². The zero-order chi connectivity index (χ0) is 20.1. The molecule has 1 fully saturated rings. The average molecular weight is 401 g/mol. The van der Waals surface area contributed by atoms with Crippen LogP contribution in [0.2, 0.25) is 0 Å². The minimum Gasteiger partial charge on any atom is -0.349 e. The van der Waals surface area contributed by atoms with Crippen molar-refractivity contribution in [1.82, 2.24) is 9.62 Å². The van der Waals surface area contributed by atoms with Crippen molar-refractivity contribution in [2.75, 3.05) is 13.1 Å². The van der Waals surface area contributed by atoms with Crippen molar-refractivity contribution in [2.45, 2.75) is 44.0 Å². The van der Waals surface area contributed by atoms with Crippen molar-refractivity contribution >= 4 is 15.9 Å². The maximum Gasteiger partial charge on any atom is 0.243 e. The Hall–Kier alpha value is -2.18. The maximum atomic E-state index is 12.9. The van der Waals surface area contributed by atoms with Crippen LogP contribution in [-0.2, 0) is 21.2 Å². The molecule has 1 amide bonds. The molecule has 6 heteroatoms. The van der Waals surface area contributed by atoms with Gasteiger partial charge in [-0.25, -0.2) is 8.42 Å². The number of benzene rings is 2. The fourth-order valence-corrected chi connectivity index (χ4v) is 5.12. The Morgan fingerprint density at radius 2 is 1.82 bits per heavy atom. The second-order valence-corrected chi connectivity index (χ2v) is 9.28. The van der Waals surface area contributed by atoms with Crippen molar-refractivity contribution in [3.8, 4) is 0 Å². The molecule has 28 heavy (non-hydrogen) atoms. The number of nitrogens with zero attached hydrogens (tertiary/aromatic N) is 1. The van der Waals surface area contributed by atoms with Gasteiger partial charge in [0.25, 0.3) is 0 Å². The van der Waals surface area contributed by atoms with Crippen LogP contribution in [-0.4, -0.2) is 31.7 Å². The first-order chi connectivity index (χ1) is 13.4. The Balaban J connectivity index is 1.65. The van der Waals surface area contributed by atoms with Gasteiger partial charge in [-0.05, 0) is 49.4 Å². The van der Waals surface area contributed by atoms with Gasteiger partial charge in [0.1, 0.15) is 0 Å². The lowest BCUT2D eigenvalue weighted by atomic mass is 9.97. The predicted octanol–water partition coefficient (Wildman–Crippen LogP) is 3.53. The van der Waals surface area contributed by atoms with E-state index in [2.05, 4.69) is 24.4 Å². The lowest BCUT2D eigenvalue weighted by Crippen LogP contribution is -2.45. The van der Waals surface area contributed by atoms with Crippen molar-refractivity contribution in [2.24, 2.45) is 5.92 Å². The largest absolute Gasteiger partial charge is 0.349 e. The molecule has 0 bridgehead atoms. The van der Waals surface area contributed by atoms with Crippen LogP contribution in [0, 0.1) is 5.92 Å². The Morgan fingerprint density at radius 3 is 2.46 bits per heavy atom. The van der Waals surface area contributed by atoms with E-state index in [1.807, 2.05) is 19.1 Å². The Morgan fingerprint density at radius 1 is 1.14 bits per heavy atom. The number of aryl methyl sites for hydroxylation is 1. The van der Waals surface area contributed by atoms with Gasteiger partial charge in [0.2, 0.25) is 15.9 Å². The number of sulfonamides is 1. The summed E-state index contributed by atoms with van der Waals surface area (Å²) < 4.78 is 27.1. The van der Waals surface area contributed by atoms with Gasteiger partial charge in [-0.1, -0.05) is 49.4 Å². The fourth-order valence-electron chi connectivity index (χ4n) is 3.57. The number of carbonyl (C=O) groups is 1. The van der Waals surface area contributed by atoms with Gasteiger partial charge in [-0.2, -0.15) is 4.31 Å². The zero-order valence-corrected chi connectivity index (χ0v) is 17.3. The number of piperidine rings is 1. The van der Waals surface area contributed by atoms with Gasteiger partial charge in [0.15, 0.2) is 0 Å². The first-order valence-electron chi connectivity index (χ1n) is 9.86. The molecule has 0 saturated carbocycles. The Labute approximate surface area is 167 Å². The summed E-state index contributed by atoms with van der Waals surface area (Å²) in [5, 5.41) is 3.05. The SMILES string of the molecule is CCc1ccc([C@H](C)NC(=O)[C@H]2CCCN(S(=O)(=O)c3ccccc3)C2)cc1. The lowest BCUT2D eigenvalue weighted by molar-refractivity contribution is -0.126.